The van der Waals surface area contributed by atoms with Gasteiger partial charge in [-0.25, -0.2) is 0 Å². The van der Waals surface area contributed by atoms with Crippen molar-refractivity contribution >= 4 is 34.7 Å². The van der Waals surface area contributed by atoms with Crippen LogP contribution in [-0.4, -0.2) is 37.4 Å². The molecule has 0 saturated carbocycles. The summed E-state index contributed by atoms with van der Waals surface area (Å²) in [5, 5.41) is 10.0. The van der Waals surface area contributed by atoms with Crippen molar-refractivity contribution in [2.24, 2.45) is 5.10 Å². The van der Waals surface area contributed by atoms with E-state index in [1.165, 1.54) is 16.3 Å². The number of benzene rings is 3. The molecule has 0 aromatic heterocycles. The van der Waals surface area contributed by atoms with Crippen LogP contribution in [0, 0.1) is 0 Å². The molecule has 1 saturated heterocycles. The van der Waals surface area contributed by atoms with Crippen LogP contribution in [-0.2, 0) is 6.54 Å². The SMILES string of the molecule is ClC(/C=N\N1CC[NH+](Cc2cccc3ccccc23)CC1)=C\c1ccccc1. The van der Waals surface area contributed by atoms with Gasteiger partial charge in [-0.1, -0.05) is 84.4 Å². The molecule has 3 nitrogen and oxygen atoms in total. The average Bonchev–Trinajstić information content (AvgIpc) is 2.74. The first kappa shape index (κ1) is 18.7. The predicted molar refractivity (Wildman–Crippen MR) is 119 cm³/mol. The summed E-state index contributed by atoms with van der Waals surface area (Å²) in [6.45, 7) is 5.13. The summed E-state index contributed by atoms with van der Waals surface area (Å²) < 4.78 is 0. The summed E-state index contributed by atoms with van der Waals surface area (Å²) in [5.74, 6) is 0. The molecule has 28 heavy (non-hydrogen) atoms. The summed E-state index contributed by atoms with van der Waals surface area (Å²) in [6.07, 6.45) is 3.69. The summed E-state index contributed by atoms with van der Waals surface area (Å²) >= 11 is 6.31. The molecule has 0 amide bonds. The summed E-state index contributed by atoms with van der Waals surface area (Å²) in [5.41, 5.74) is 2.52. The molecule has 0 spiro atoms. The third kappa shape index (κ3) is 4.80. The minimum Gasteiger partial charge on any atom is -0.328 e. The van der Waals surface area contributed by atoms with Gasteiger partial charge in [0, 0.05) is 5.56 Å². The van der Waals surface area contributed by atoms with E-state index in [0.29, 0.717) is 5.03 Å². The predicted octanol–water partition coefficient (Wildman–Crippen LogP) is 3.81. The van der Waals surface area contributed by atoms with Gasteiger partial charge in [0.1, 0.15) is 6.54 Å². The highest BCUT2D eigenvalue weighted by atomic mass is 35.5. The quantitative estimate of drug-likeness (QED) is 0.657. The number of hydrazone groups is 1. The summed E-state index contributed by atoms with van der Waals surface area (Å²) in [6, 6.07) is 25.3. The van der Waals surface area contributed by atoms with Crippen molar-refractivity contribution in [3.8, 4) is 0 Å². The maximum atomic E-state index is 6.31. The average molecular weight is 391 g/mol. The number of hydrogen-bond donors (Lipinski definition) is 1. The number of allylic oxidation sites excluding steroid dienone is 1. The lowest BCUT2D eigenvalue weighted by molar-refractivity contribution is -0.918. The molecular weight excluding hydrogens is 366 g/mol. The second kappa shape index (κ2) is 9.05. The van der Waals surface area contributed by atoms with Crippen molar-refractivity contribution in [1.82, 2.24) is 5.01 Å². The van der Waals surface area contributed by atoms with Crippen molar-refractivity contribution in [2.75, 3.05) is 26.2 Å². The van der Waals surface area contributed by atoms with Gasteiger partial charge in [-0.3, -0.25) is 5.01 Å². The Bertz CT molecular complexity index is 968. The lowest BCUT2D eigenvalue weighted by Crippen LogP contribution is -3.13. The normalized spacial score (nSPS) is 16.2. The fraction of sp³-hybridized carbons (Fsp3) is 0.208. The first-order valence-corrected chi connectivity index (χ1v) is 10.2. The van der Waals surface area contributed by atoms with Crippen molar-refractivity contribution in [3.05, 3.63) is 89.0 Å². The third-order valence-corrected chi connectivity index (χ3v) is 5.42. The molecule has 142 valence electrons. The molecule has 3 aromatic rings. The molecule has 0 atom stereocenters. The van der Waals surface area contributed by atoms with E-state index in [9.17, 15) is 0 Å². The molecule has 0 radical (unpaired) electrons. The van der Waals surface area contributed by atoms with E-state index in [-0.39, 0.29) is 0 Å². The number of quaternary nitrogens is 1. The molecular formula is C24H25ClN3+. The fourth-order valence-electron chi connectivity index (χ4n) is 3.70. The van der Waals surface area contributed by atoms with Crippen LogP contribution in [0.25, 0.3) is 16.8 Å². The molecule has 0 bridgehead atoms. The van der Waals surface area contributed by atoms with E-state index in [0.717, 1.165) is 38.3 Å². The maximum Gasteiger partial charge on any atom is 0.104 e. The van der Waals surface area contributed by atoms with Gasteiger partial charge in [0.15, 0.2) is 0 Å². The van der Waals surface area contributed by atoms with E-state index >= 15 is 0 Å². The molecule has 0 unspecified atom stereocenters. The zero-order valence-electron chi connectivity index (χ0n) is 15.9. The van der Waals surface area contributed by atoms with Gasteiger partial charge < -0.3 is 4.90 Å². The molecule has 1 fully saturated rings. The number of halogens is 1. The standard InChI is InChI=1S/C24H24ClN3/c25-23(17-20-7-2-1-3-8-20)18-26-28-15-13-27(14-16-28)19-22-11-6-10-21-9-4-5-12-24(21)22/h1-12,17-18H,13-16,19H2/p+1/b23-17-,26-18-. The zero-order valence-corrected chi connectivity index (χ0v) is 16.6. The molecule has 1 N–H and O–H groups in total. The van der Waals surface area contributed by atoms with E-state index in [4.69, 9.17) is 11.6 Å². The van der Waals surface area contributed by atoms with Crippen LogP contribution >= 0.6 is 11.6 Å². The van der Waals surface area contributed by atoms with Crippen LogP contribution in [0.15, 0.2) is 82.9 Å². The van der Waals surface area contributed by atoms with Gasteiger partial charge >= 0.3 is 0 Å². The first-order chi connectivity index (χ1) is 13.8. The Morgan fingerprint density at radius 2 is 1.64 bits per heavy atom. The van der Waals surface area contributed by atoms with Crippen molar-refractivity contribution in [1.29, 1.82) is 0 Å². The lowest BCUT2D eigenvalue weighted by atomic mass is 10.0. The topological polar surface area (TPSA) is 20.0 Å². The summed E-state index contributed by atoms with van der Waals surface area (Å²) in [4.78, 5) is 1.61. The molecule has 1 aliphatic heterocycles. The number of rotatable bonds is 5. The minimum absolute atomic E-state index is 0.650. The second-order valence-electron chi connectivity index (χ2n) is 7.20. The van der Waals surface area contributed by atoms with Gasteiger partial charge in [-0.15, -0.1) is 0 Å². The Morgan fingerprint density at radius 3 is 2.46 bits per heavy atom. The van der Waals surface area contributed by atoms with E-state index in [1.54, 1.807) is 11.1 Å². The number of nitrogens with zero attached hydrogens (tertiary/aromatic N) is 2. The summed E-state index contributed by atoms with van der Waals surface area (Å²) in [7, 11) is 0. The molecule has 0 aliphatic carbocycles. The largest absolute Gasteiger partial charge is 0.328 e. The maximum absolute atomic E-state index is 6.31. The van der Waals surface area contributed by atoms with Crippen LogP contribution in [0.2, 0.25) is 0 Å². The van der Waals surface area contributed by atoms with Crippen molar-refractivity contribution in [2.45, 2.75) is 6.54 Å². The molecule has 3 aromatic carbocycles. The monoisotopic (exact) mass is 390 g/mol. The van der Waals surface area contributed by atoms with Crippen LogP contribution in [0.1, 0.15) is 11.1 Å². The Morgan fingerprint density at radius 1 is 0.929 bits per heavy atom. The highest BCUT2D eigenvalue weighted by Gasteiger charge is 2.19. The second-order valence-corrected chi connectivity index (χ2v) is 7.64. The highest BCUT2D eigenvalue weighted by molar-refractivity contribution is 6.41. The molecule has 4 heteroatoms. The Labute approximate surface area is 171 Å². The number of fused-ring (bicyclic) bond motifs is 1. The Kier molecular flexibility index (Phi) is 6.05. The number of piperazine rings is 1. The molecule has 4 rings (SSSR count). The smallest absolute Gasteiger partial charge is 0.104 e. The van der Waals surface area contributed by atoms with Gasteiger partial charge in [0.05, 0.1) is 37.4 Å². The third-order valence-electron chi connectivity index (χ3n) is 5.22. The highest BCUT2D eigenvalue weighted by Crippen LogP contribution is 2.17. The van der Waals surface area contributed by atoms with Crippen LogP contribution in [0.3, 0.4) is 0 Å². The fourth-order valence-corrected chi connectivity index (χ4v) is 3.87. The van der Waals surface area contributed by atoms with Crippen LogP contribution < -0.4 is 4.90 Å². The van der Waals surface area contributed by atoms with E-state index < -0.39 is 0 Å². The molecule has 1 aliphatic rings. The minimum atomic E-state index is 0.650. The van der Waals surface area contributed by atoms with E-state index in [2.05, 4.69) is 52.6 Å². The number of hydrogen-bond acceptors (Lipinski definition) is 2. The van der Waals surface area contributed by atoms with Crippen LogP contribution in [0.4, 0.5) is 0 Å². The van der Waals surface area contributed by atoms with Gasteiger partial charge in [0.2, 0.25) is 0 Å². The first-order valence-electron chi connectivity index (χ1n) is 9.79. The Hall–Kier alpha value is -2.62. The Balaban J connectivity index is 1.33. The molecule has 1 heterocycles. The lowest BCUT2D eigenvalue weighted by Gasteiger charge is -2.30. The van der Waals surface area contributed by atoms with Gasteiger partial charge in [-0.2, -0.15) is 5.10 Å². The van der Waals surface area contributed by atoms with Crippen molar-refractivity contribution in [3.63, 3.8) is 0 Å². The van der Waals surface area contributed by atoms with Crippen molar-refractivity contribution < 1.29 is 4.90 Å². The van der Waals surface area contributed by atoms with Gasteiger partial charge in [0.25, 0.3) is 0 Å². The zero-order chi connectivity index (χ0) is 19.2. The number of nitrogens with one attached hydrogen (secondary N) is 1. The van der Waals surface area contributed by atoms with Gasteiger partial charge in [-0.05, 0) is 22.4 Å². The van der Waals surface area contributed by atoms with E-state index in [1.807, 2.05) is 36.4 Å². The van der Waals surface area contributed by atoms with Crippen LogP contribution in [0.5, 0.6) is 0 Å².